The predicted octanol–water partition coefficient (Wildman–Crippen LogP) is 1.43. The molecule has 0 bridgehead atoms. The van der Waals surface area contributed by atoms with Crippen molar-refractivity contribution in [2.75, 3.05) is 13.7 Å². The first-order valence-corrected chi connectivity index (χ1v) is 6.19. The summed E-state index contributed by atoms with van der Waals surface area (Å²) < 4.78 is 9.66. The van der Waals surface area contributed by atoms with E-state index in [9.17, 15) is 9.59 Å². The average Bonchev–Trinajstić information content (AvgIpc) is 2.52. The van der Waals surface area contributed by atoms with Gasteiger partial charge in [0.2, 0.25) is 0 Å². The van der Waals surface area contributed by atoms with Gasteiger partial charge in [-0.2, -0.15) is 0 Å². The van der Waals surface area contributed by atoms with Gasteiger partial charge >= 0.3 is 5.63 Å². The molecule has 1 N–H and O–H groups in total. The molecule has 106 valence electrons. The Bertz CT molecular complexity index is 715. The highest BCUT2D eigenvalue weighted by Crippen LogP contribution is 2.09. The summed E-state index contributed by atoms with van der Waals surface area (Å²) >= 11 is 0. The zero-order chi connectivity index (χ0) is 15.1. The molecule has 0 unspecified atom stereocenters. The van der Waals surface area contributed by atoms with Crippen molar-refractivity contribution in [3.8, 4) is 17.6 Å². The number of nitrogens with one attached hydrogen (secondary N) is 1. The van der Waals surface area contributed by atoms with E-state index in [4.69, 9.17) is 4.74 Å². The highest BCUT2D eigenvalue weighted by Gasteiger charge is 2.04. The third-order valence-electron chi connectivity index (χ3n) is 2.62. The Hall–Kier alpha value is -3.00. The van der Waals surface area contributed by atoms with Gasteiger partial charge in [0.25, 0.3) is 5.91 Å². The Morgan fingerprint density at radius 3 is 2.62 bits per heavy atom. The van der Waals surface area contributed by atoms with E-state index in [1.807, 2.05) is 24.3 Å². The number of amides is 1. The molecule has 5 heteroatoms. The van der Waals surface area contributed by atoms with Crippen LogP contribution in [0.25, 0.3) is 0 Å². The first kappa shape index (κ1) is 14.4. The largest absolute Gasteiger partial charge is 0.497 e. The summed E-state index contributed by atoms with van der Waals surface area (Å²) in [6.45, 7) is 0.198. The van der Waals surface area contributed by atoms with Crippen LogP contribution in [-0.2, 0) is 0 Å². The lowest BCUT2D eigenvalue weighted by Gasteiger charge is -1.99. The van der Waals surface area contributed by atoms with Crippen molar-refractivity contribution in [2.45, 2.75) is 0 Å². The van der Waals surface area contributed by atoms with Gasteiger partial charge in [-0.15, -0.1) is 0 Å². The number of methoxy groups -OCH3 is 1. The summed E-state index contributed by atoms with van der Waals surface area (Å²) in [5.74, 6) is 6.17. The Balaban J connectivity index is 1.89. The molecule has 0 fully saturated rings. The molecule has 0 saturated heterocycles. The monoisotopic (exact) mass is 283 g/mol. The van der Waals surface area contributed by atoms with Crippen LogP contribution in [0.2, 0.25) is 0 Å². The molecule has 0 spiro atoms. The van der Waals surface area contributed by atoms with Crippen LogP contribution in [0, 0.1) is 11.8 Å². The average molecular weight is 283 g/mol. The molecule has 1 amide bonds. The van der Waals surface area contributed by atoms with Gasteiger partial charge < -0.3 is 14.5 Å². The number of ether oxygens (including phenoxy) is 1. The van der Waals surface area contributed by atoms with E-state index in [-0.39, 0.29) is 18.0 Å². The highest BCUT2D eigenvalue weighted by atomic mass is 16.5. The quantitative estimate of drug-likeness (QED) is 0.865. The topological polar surface area (TPSA) is 68.5 Å². The SMILES string of the molecule is COc1ccc(C#CCNC(=O)c2ccc(=O)oc2)cc1. The lowest BCUT2D eigenvalue weighted by Crippen LogP contribution is -2.23. The number of carbonyl (C=O) groups excluding carboxylic acids is 1. The van der Waals surface area contributed by atoms with E-state index >= 15 is 0 Å². The molecule has 1 heterocycles. The third-order valence-corrected chi connectivity index (χ3v) is 2.62. The van der Waals surface area contributed by atoms with Crippen LogP contribution in [0.15, 0.2) is 51.9 Å². The van der Waals surface area contributed by atoms with Crippen molar-refractivity contribution in [1.82, 2.24) is 5.32 Å². The van der Waals surface area contributed by atoms with Crippen molar-refractivity contribution in [1.29, 1.82) is 0 Å². The normalized spacial score (nSPS) is 9.38. The molecule has 21 heavy (non-hydrogen) atoms. The zero-order valence-electron chi connectivity index (χ0n) is 11.4. The molecule has 1 aromatic heterocycles. The third kappa shape index (κ3) is 4.25. The minimum atomic E-state index is -0.495. The summed E-state index contributed by atoms with van der Waals surface area (Å²) in [5, 5.41) is 2.61. The van der Waals surface area contributed by atoms with Crippen LogP contribution >= 0.6 is 0 Å². The van der Waals surface area contributed by atoms with E-state index in [0.29, 0.717) is 0 Å². The fourth-order valence-electron chi connectivity index (χ4n) is 1.53. The van der Waals surface area contributed by atoms with Crippen molar-refractivity contribution < 1.29 is 13.9 Å². The zero-order valence-corrected chi connectivity index (χ0v) is 11.4. The van der Waals surface area contributed by atoms with Crippen LogP contribution in [-0.4, -0.2) is 19.6 Å². The smallest absolute Gasteiger partial charge is 0.335 e. The minimum Gasteiger partial charge on any atom is -0.497 e. The molecule has 5 nitrogen and oxygen atoms in total. The van der Waals surface area contributed by atoms with Crippen molar-refractivity contribution in [2.24, 2.45) is 0 Å². The lowest BCUT2D eigenvalue weighted by molar-refractivity contribution is 0.0956. The van der Waals surface area contributed by atoms with Crippen molar-refractivity contribution in [3.63, 3.8) is 0 Å². The summed E-state index contributed by atoms with van der Waals surface area (Å²) in [6, 6.07) is 9.89. The first-order chi connectivity index (χ1) is 10.2. The van der Waals surface area contributed by atoms with Gasteiger partial charge in [-0.3, -0.25) is 4.79 Å². The Labute approximate surface area is 121 Å². The van der Waals surface area contributed by atoms with Crippen LogP contribution < -0.4 is 15.7 Å². The maximum Gasteiger partial charge on any atom is 0.335 e. The van der Waals surface area contributed by atoms with Gasteiger partial charge in [0.05, 0.1) is 19.2 Å². The summed E-state index contributed by atoms with van der Waals surface area (Å²) in [7, 11) is 1.60. The molecule has 0 aliphatic carbocycles. The second-order valence-electron chi connectivity index (χ2n) is 4.06. The molecule has 1 aromatic carbocycles. The highest BCUT2D eigenvalue weighted by molar-refractivity contribution is 5.93. The predicted molar refractivity (Wildman–Crippen MR) is 77.2 cm³/mol. The molecule has 0 atom stereocenters. The molecule has 0 aliphatic rings. The van der Waals surface area contributed by atoms with Crippen LogP contribution in [0.1, 0.15) is 15.9 Å². The number of carbonyl (C=O) groups is 1. The van der Waals surface area contributed by atoms with E-state index in [1.54, 1.807) is 7.11 Å². The van der Waals surface area contributed by atoms with Gasteiger partial charge in [-0.25, -0.2) is 4.79 Å². The maximum absolute atomic E-state index is 11.7. The first-order valence-electron chi connectivity index (χ1n) is 6.19. The Morgan fingerprint density at radius 2 is 2.00 bits per heavy atom. The number of hydrogen-bond donors (Lipinski definition) is 1. The number of benzene rings is 1. The Kier molecular flexibility index (Phi) is 4.78. The molecule has 0 radical (unpaired) electrons. The van der Waals surface area contributed by atoms with Gasteiger partial charge in [0, 0.05) is 11.6 Å². The fraction of sp³-hybridized carbons (Fsp3) is 0.125. The van der Waals surface area contributed by atoms with Crippen LogP contribution in [0.3, 0.4) is 0 Å². The van der Waals surface area contributed by atoms with Crippen molar-refractivity contribution in [3.05, 3.63) is 64.2 Å². The van der Waals surface area contributed by atoms with Gasteiger partial charge in [-0.05, 0) is 30.3 Å². The standard InChI is InChI=1S/C16H13NO4/c1-20-14-7-4-12(5-8-14)3-2-10-17-16(19)13-6-9-15(18)21-11-13/h4-9,11H,10H2,1H3,(H,17,19). The summed E-state index contributed by atoms with van der Waals surface area (Å²) in [5.41, 5.74) is 0.613. The second kappa shape index (κ2) is 6.96. The van der Waals surface area contributed by atoms with Crippen LogP contribution in [0.4, 0.5) is 0 Å². The van der Waals surface area contributed by atoms with E-state index in [1.165, 1.54) is 12.1 Å². The Morgan fingerprint density at radius 1 is 1.24 bits per heavy atom. The fourth-order valence-corrected chi connectivity index (χ4v) is 1.53. The second-order valence-corrected chi connectivity index (χ2v) is 4.06. The van der Waals surface area contributed by atoms with Crippen molar-refractivity contribution >= 4 is 5.91 Å². The molecule has 0 aliphatic heterocycles. The molecule has 0 saturated carbocycles. The van der Waals surface area contributed by atoms with Crippen LogP contribution in [0.5, 0.6) is 5.75 Å². The molecule has 2 aromatic rings. The van der Waals surface area contributed by atoms with E-state index in [2.05, 4.69) is 21.6 Å². The van der Waals surface area contributed by atoms with Gasteiger partial charge in [0.15, 0.2) is 0 Å². The number of rotatable bonds is 3. The summed E-state index contributed by atoms with van der Waals surface area (Å²) in [6.07, 6.45) is 1.12. The van der Waals surface area contributed by atoms with E-state index < -0.39 is 5.63 Å². The maximum atomic E-state index is 11.7. The lowest BCUT2D eigenvalue weighted by atomic mass is 10.2. The van der Waals surface area contributed by atoms with Gasteiger partial charge in [0.1, 0.15) is 12.0 Å². The minimum absolute atomic E-state index is 0.198. The summed E-state index contributed by atoms with van der Waals surface area (Å²) in [4.78, 5) is 22.5. The van der Waals surface area contributed by atoms with E-state index in [0.717, 1.165) is 17.6 Å². The molecule has 2 rings (SSSR count). The number of hydrogen-bond acceptors (Lipinski definition) is 4. The molecular weight excluding hydrogens is 270 g/mol. The van der Waals surface area contributed by atoms with Gasteiger partial charge in [-0.1, -0.05) is 11.8 Å². The molecular formula is C16H13NO4.